The van der Waals surface area contributed by atoms with E-state index in [1.807, 2.05) is 0 Å². The van der Waals surface area contributed by atoms with Gasteiger partial charge >= 0.3 is 5.97 Å². The quantitative estimate of drug-likeness (QED) is 0.802. The molecule has 0 radical (unpaired) electrons. The van der Waals surface area contributed by atoms with Crippen molar-refractivity contribution in [1.82, 2.24) is 15.1 Å². The summed E-state index contributed by atoms with van der Waals surface area (Å²) in [6, 6.07) is 7.53. The number of nitrogens with one attached hydrogen (secondary N) is 1. The van der Waals surface area contributed by atoms with E-state index in [1.165, 1.54) is 12.1 Å². The first kappa shape index (κ1) is 18.5. The van der Waals surface area contributed by atoms with Crippen LogP contribution >= 0.6 is 0 Å². The maximum absolute atomic E-state index is 13.0. The van der Waals surface area contributed by atoms with Gasteiger partial charge < -0.3 is 9.47 Å². The van der Waals surface area contributed by atoms with Gasteiger partial charge in [-0.3, -0.25) is 10.00 Å². The Morgan fingerprint density at radius 1 is 1.42 bits per heavy atom. The van der Waals surface area contributed by atoms with Crippen molar-refractivity contribution in [2.45, 2.75) is 20.0 Å². The van der Waals surface area contributed by atoms with Gasteiger partial charge in [-0.15, -0.1) is 0 Å². The number of carbonyl (C=O) groups is 1. The summed E-state index contributed by atoms with van der Waals surface area (Å²) in [7, 11) is 0. The Bertz CT molecular complexity index is 730. The Kier molecular flexibility index (Phi) is 6.00. The number of hydrogen-bond acceptors (Lipinski definition) is 5. The number of nitrogens with zero attached hydrogens (tertiary/aromatic N) is 2. The van der Waals surface area contributed by atoms with Crippen LogP contribution in [0.25, 0.3) is 11.3 Å². The van der Waals surface area contributed by atoms with E-state index in [2.05, 4.69) is 28.9 Å². The fourth-order valence-corrected chi connectivity index (χ4v) is 3.00. The summed E-state index contributed by atoms with van der Waals surface area (Å²) >= 11 is 0. The second-order valence-corrected chi connectivity index (χ2v) is 6.92. The smallest absolute Gasteiger partial charge is 0.356 e. The number of hydrogen-bond donors (Lipinski definition) is 1. The average molecular weight is 361 g/mol. The van der Waals surface area contributed by atoms with Gasteiger partial charge in [-0.2, -0.15) is 5.10 Å². The third-order valence-corrected chi connectivity index (χ3v) is 4.18. The van der Waals surface area contributed by atoms with E-state index in [1.54, 1.807) is 18.2 Å². The highest BCUT2D eigenvalue weighted by Gasteiger charge is 2.23. The number of halogens is 1. The first-order chi connectivity index (χ1) is 12.5. The predicted molar refractivity (Wildman–Crippen MR) is 95.3 cm³/mol. The molecule has 0 aliphatic carbocycles. The number of carbonyl (C=O) groups excluding carboxylic acids is 1. The molecule has 0 bridgehead atoms. The van der Waals surface area contributed by atoms with Gasteiger partial charge in [-0.1, -0.05) is 13.8 Å². The zero-order valence-corrected chi connectivity index (χ0v) is 15.1. The van der Waals surface area contributed by atoms with Gasteiger partial charge in [0.05, 0.1) is 12.3 Å². The lowest BCUT2D eigenvalue weighted by Crippen LogP contribution is -2.45. The number of rotatable bonds is 6. The van der Waals surface area contributed by atoms with E-state index in [0.29, 0.717) is 18.2 Å². The van der Waals surface area contributed by atoms with E-state index >= 15 is 0 Å². The molecule has 1 N–H and O–H groups in total. The number of esters is 1. The Hall–Kier alpha value is -2.25. The third kappa shape index (κ3) is 4.89. The molecular weight excluding hydrogens is 337 g/mol. The van der Waals surface area contributed by atoms with Gasteiger partial charge in [0.15, 0.2) is 0 Å². The van der Waals surface area contributed by atoms with Crippen molar-refractivity contribution in [3.63, 3.8) is 0 Å². The molecular formula is C19H24FN3O3. The fraction of sp³-hybridized carbons (Fsp3) is 0.474. The normalized spacial score (nSPS) is 18.2. The number of morpholine rings is 1. The Balaban J connectivity index is 1.53. The number of aromatic nitrogens is 2. The molecule has 1 aliphatic heterocycles. The van der Waals surface area contributed by atoms with Crippen LogP contribution in [0, 0.1) is 11.7 Å². The summed E-state index contributed by atoms with van der Waals surface area (Å²) in [4.78, 5) is 14.6. The van der Waals surface area contributed by atoms with E-state index in [-0.39, 0.29) is 24.2 Å². The third-order valence-electron chi connectivity index (χ3n) is 4.18. The summed E-state index contributed by atoms with van der Waals surface area (Å²) in [5.41, 5.74) is 1.55. The lowest BCUT2D eigenvalue weighted by Gasteiger charge is -2.33. The van der Waals surface area contributed by atoms with Crippen molar-refractivity contribution in [2.24, 2.45) is 5.92 Å². The lowest BCUT2D eigenvalue weighted by molar-refractivity contribution is -0.0613. The van der Waals surface area contributed by atoms with Gasteiger partial charge in [-0.05, 0) is 36.2 Å². The number of benzene rings is 1. The van der Waals surface area contributed by atoms with Crippen LogP contribution in [0.4, 0.5) is 4.39 Å². The van der Waals surface area contributed by atoms with Crippen molar-refractivity contribution in [2.75, 3.05) is 32.8 Å². The molecule has 1 unspecified atom stereocenters. The molecule has 0 amide bonds. The lowest BCUT2D eigenvalue weighted by atomic mass is 10.1. The second kappa shape index (κ2) is 8.42. The highest BCUT2D eigenvalue weighted by Crippen LogP contribution is 2.18. The standard InChI is InChI=1S/C19H24FN3O3/c1-13(2)10-23-7-8-25-16(11-23)12-26-19(24)18-9-17(21-22-18)14-3-5-15(20)6-4-14/h3-6,9,13,16H,7-8,10-12H2,1-2H3,(H,21,22). The first-order valence-corrected chi connectivity index (χ1v) is 8.83. The van der Waals surface area contributed by atoms with Crippen LogP contribution in [0.1, 0.15) is 24.3 Å². The monoisotopic (exact) mass is 361 g/mol. The van der Waals surface area contributed by atoms with Crippen LogP contribution in [-0.2, 0) is 9.47 Å². The molecule has 1 saturated heterocycles. The van der Waals surface area contributed by atoms with Crippen LogP contribution in [0.5, 0.6) is 0 Å². The van der Waals surface area contributed by atoms with E-state index in [9.17, 15) is 9.18 Å². The molecule has 0 saturated carbocycles. The minimum absolute atomic E-state index is 0.119. The molecule has 1 atom stereocenters. The molecule has 26 heavy (non-hydrogen) atoms. The molecule has 3 rings (SSSR count). The minimum atomic E-state index is -0.476. The Labute approximate surface area is 152 Å². The maximum Gasteiger partial charge on any atom is 0.356 e. The predicted octanol–water partition coefficient (Wildman–Crippen LogP) is 2.73. The van der Waals surface area contributed by atoms with Crippen molar-refractivity contribution < 1.29 is 18.7 Å². The summed E-state index contributed by atoms with van der Waals surface area (Å²) < 4.78 is 24.0. The SMILES string of the molecule is CC(C)CN1CCOC(COC(=O)c2cc(-c3ccc(F)cc3)n[nH]2)C1. The number of aromatic amines is 1. The molecule has 1 aromatic heterocycles. The minimum Gasteiger partial charge on any atom is -0.458 e. The number of H-pyrrole nitrogens is 1. The molecule has 2 heterocycles. The van der Waals surface area contributed by atoms with Crippen LogP contribution in [0.15, 0.2) is 30.3 Å². The fourth-order valence-electron chi connectivity index (χ4n) is 3.00. The highest BCUT2D eigenvalue weighted by atomic mass is 19.1. The maximum atomic E-state index is 13.0. The Morgan fingerprint density at radius 2 is 2.19 bits per heavy atom. The van der Waals surface area contributed by atoms with Gasteiger partial charge in [0, 0.05) is 25.2 Å². The summed E-state index contributed by atoms with van der Waals surface area (Å²) in [5, 5.41) is 6.76. The molecule has 0 spiro atoms. The average Bonchev–Trinajstić information content (AvgIpc) is 3.10. The van der Waals surface area contributed by atoms with Crippen molar-refractivity contribution in [3.05, 3.63) is 41.8 Å². The summed E-state index contributed by atoms with van der Waals surface area (Å²) in [6.45, 7) is 7.89. The van der Waals surface area contributed by atoms with Crippen LogP contribution < -0.4 is 0 Å². The van der Waals surface area contributed by atoms with Gasteiger partial charge in [-0.25, -0.2) is 9.18 Å². The van der Waals surface area contributed by atoms with Gasteiger partial charge in [0.1, 0.15) is 24.2 Å². The molecule has 6 nitrogen and oxygen atoms in total. The van der Waals surface area contributed by atoms with Crippen LogP contribution in [0.3, 0.4) is 0 Å². The largest absolute Gasteiger partial charge is 0.458 e. The van der Waals surface area contributed by atoms with E-state index < -0.39 is 5.97 Å². The number of ether oxygens (including phenoxy) is 2. The molecule has 2 aromatic rings. The van der Waals surface area contributed by atoms with Crippen LogP contribution in [0.2, 0.25) is 0 Å². The first-order valence-electron chi connectivity index (χ1n) is 8.83. The van der Waals surface area contributed by atoms with Gasteiger partial charge in [0.25, 0.3) is 0 Å². The zero-order chi connectivity index (χ0) is 18.5. The molecule has 1 aromatic carbocycles. The zero-order valence-electron chi connectivity index (χ0n) is 15.1. The molecule has 140 valence electrons. The van der Waals surface area contributed by atoms with Gasteiger partial charge in [0.2, 0.25) is 0 Å². The summed E-state index contributed by atoms with van der Waals surface area (Å²) in [5.74, 6) is -0.204. The highest BCUT2D eigenvalue weighted by molar-refractivity contribution is 5.88. The molecule has 1 fully saturated rings. The van der Waals surface area contributed by atoms with E-state index in [0.717, 1.165) is 25.2 Å². The summed E-state index contributed by atoms with van der Waals surface area (Å²) in [6.07, 6.45) is -0.119. The van der Waals surface area contributed by atoms with Crippen molar-refractivity contribution in [3.8, 4) is 11.3 Å². The Morgan fingerprint density at radius 3 is 2.92 bits per heavy atom. The molecule has 7 heteroatoms. The van der Waals surface area contributed by atoms with E-state index in [4.69, 9.17) is 9.47 Å². The van der Waals surface area contributed by atoms with Crippen molar-refractivity contribution in [1.29, 1.82) is 0 Å². The molecule has 1 aliphatic rings. The topological polar surface area (TPSA) is 67.5 Å². The van der Waals surface area contributed by atoms with Crippen LogP contribution in [-0.4, -0.2) is 60.0 Å². The second-order valence-electron chi connectivity index (χ2n) is 6.92. The van der Waals surface area contributed by atoms with Crippen molar-refractivity contribution >= 4 is 5.97 Å².